The Hall–Kier alpha value is -5.64. The Bertz CT molecular complexity index is 1940. The number of amides is 1. The highest BCUT2D eigenvalue weighted by molar-refractivity contribution is 5.96. The molecule has 0 atom stereocenters. The highest BCUT2D eigenvalue weighted by atomic mass is 16.3. The molecule has 1 amide bonds. The summed E-state index contributed by atoms with van der Waals surface area (Å²) >= 11 is 0. The topological polar surface area (TPSA) is 138 Å². The molecule has 0 spiro atoms. The zero-order chi connectivity index (χ0) is 26.2. The van der Waals surface area contributed by atoms with Crippen molar-refractivity contribution in [3.63, 3.8) is 0 Å². The maximum Gasteiger partial charge on any atom is 0.228 e. The number of nitrogens with one attached hydrogen (secondary N) is 3. The minimum atomic E-state index is -0.112. The van der Waals surface area contributed by atoms with E-state index in [1.54, 1.807) is 37.3 Å². The molecule has 0 fully saturated rings. The van der Waals surface area contributed by atoms with E-state index in [4.69, 9.17) is 9.40 Å². The molecule has 0 aliphatic heterocycles. The van der Waals surface area contributed by atoms with Crippen LogP contribution in [0.25, 0.3) is 56.0 Å². The van der Waals surface area contributed by atoms with E-state index in [9.17, 15) is 4.79 Å². The Kier molecular flexibility index (Phi) is 5.40. The van der Waals surface area contributed by atoms with Gasteiger partial charge >= 0.3 is 0 Å². The number of fused-ring (bicyclic) bond motifs is 2. The lowest BCUT2D eigenvalue weighted by Gasteiger charge is -2.07. The molecule has 7 aromatic rings. The fraction of sp³-hybridized carbons (Fsp3) is 0.0345. The highest BCUT2D eigenvalue weighted by Gasteiger charge is 2.17. The number of furan rings is 1. The molecule has 10 heteroatoms. The predicted molar refractivity (Wildman–Crippen MR) is 146 cm³/mol. The molecule has 0 unspecified atom stereocenters. The Morgan fingerprint density at radius 1 is 0.923 bits per heavy atom. The van der Waals surface area contributed by atoms with Gasteiger partial charge in [-0.15, -0.1) is 0 Å². The summed E-state index contributed by atoms with van der Waals surface area (Å²) < 4.78 is 5.25. The monoisotopic (exact) mass is 512 g/mol. The molecule has 0 aliphatic rings. The van der Waals surface area contributed by atoms with Crippen LogP contribution < -0.4 is 5.32 Å². The number of hydrogen-bond donors (Lipinski definition) is 3. The van der Waals surface area contributed by atoms with E-state index in [1.165, 1.54) is 0 Å². The van der Waals surface area contributed by atoms with E-state index in [2.05, 4.69) is 35.5 Å². The molecular weight excluding hydrogens is 492 g/mol. The summed E-state index contributed by atoms with van der Waals surface area (Å²) in [6.45, 7) is 0. The third-order valence-electron chi connectivity index (χ3n) is 6.42. The lowest BCUT2D eigenvalue weighted by molar-refractivity contribution is -0.115. The van der Waals surface area contributed by atoms with Crippen LogP contribution in [0.1, 0.15) is 5.56 Å². The first-order valence-corrected chi connectivity index (χ1v) is 12.2. The molecule has 0 saturated heterocycles. The normalized spacial score (nSPS) is 11.3. The molecule has 0 radical (unpaired) electrons. The molecule has 6 heterocycles. The number of aromatic amines is 2. The average Bonchev–Trinajstić information content (AvgIpc) is 3.73. The van der Waals surface area contributed by atoms with Crippen molar-refractivity contribution >= 4 is 33.8 Å². The summed E-state index contributed by atoms with van der Waals surface area (Å²) in [6, 6.07) is 17.2. The van der Waals surface area contributed by atoms with E-state index in [-0.39, 0.29) is 12.3 Å². The summed E-state index contributed by atoms with van der Waals surface area (Å²) in [5.41, 5.74) is 7.62. The van der Waals surface area contributed by atoms with Crippen LogP contribution in [0.3, 0.4) is 0 Å². The number of aromatic nitrogens is 7. The van der Waals surface area contributed by atoms with Gasteiger partial charge in [-0.05, 0) is 29.8 Å². The molecule has 0 bridgehead atoms. The molecule has 10 nitrogen and oxygen atoms in total. The van der Waals surface area contributed by atoms with Gasteiger partial charge in [0.1, 0.15) is 11.2 Å². The SMILES string of the molecule is O=C(Cc1ccccc1)Nc1cncc(-c2cnc3[nH]nc(-c4nc5c(-c6ccoc6)ccnc5[nH]4)c3c2)c1. The van der Waals surface area contributed by atoms with Gasteiger partial charge in [0, 0.05) is 40.8 Å². The quantitative estimate of drug-likeness (QED) is 0.271. The van der Waals surface area contributed by atoms with Gasteiger partial charge in [-0.25, -0.2) is 15.0 Å². The zero-order valence-electron chi connectivity index (χ0n) is 20.4. The molecule has 1 aromatic carbocycles. The molecule has 0 saturated carbocycles. The minimum Gasteiger partial charge on any atom is -0.472 e. The van der Waals surface area contributed by atoms with Crippen molar-refractivity contribution in [2.24, 2.45) is 0 Å². The molecule has 3 N–H and O–H groups in total. The number of benzene rings is 1. The van der Waals surface area contributed by atoms with Crippen LogP contribution in [0.5, 0.6) is 0 Å². The lowest BCUT2D eigenvalue weighted by atomic mass is 10.1. The van der Waals surface area contributed by atoms with Crippen LogP contribution in [0, 0.1) is 0 Å². The van der Waals surface area contributed by atoms with Crippen LogP contribution in [0.4, 0.5) is 5.69 Å². The molecule has 7 rings (SSSR count). The molecule has 188 valence electrons. The number of carbonyl (C=O) groups is 1. The van der Waals surface area contributed by atoms with Crippen LogP contribution in [0.2, 0.25) is 0 Å². The van der Waals surface area contributed by atoms with Crippen LogP contribution in [-0.4, -0.2) is 41.0 Å². The Balaban J connectivity index is 1.21. The second kappa shape index (κ2) is 9.34. The van der Waals surface area contributed by atoms with Gasteiger partial charge in [-0.2, -0.15) is 5.10 Å². The summed E-state index contributed by atoms with van der Waals surface area (Å²) in [6.07, 6.45) is 10.4. The molecular formula is C29H20N8O2. The summed E-state index contributed by atoms with van der Waals surface area (Å²) in [4.78, 5) is 34.0. The number of rotatable bonds is 6. The first kappa shape index (κ1) is 22.5. The van der Waals surface area contributed by atoms with Gasteiger partial charge < -0.3 is 14.7 Å². The number of H-pyrrole nitrogens is 2. The van der Waals surface area contributed by atoms with Gasteiger partial charge in [0.05, 0.1) is 36.2 Å². The summed E-state index contributed by atoms with van der Waals surface area (Å²) in [5.74, 6) is 0.456. The fourth-order valence-corrected chi connectivity index (χ4v) is 4.57. The predicted octanol–water partition coefficient (Wildman–Crippen LogP) is 5.40. The average molecular weight is 513 g/mol. The van der Waals surface area contributed by atoms with Gasteiger partial charge in [0.15, 0.2) is 17.1 Å². The third kappa shape index (κ3) is 4.29. The van der Waals surface area contributed by atoms with Crippen molar-refractivity contribution in [2.75, 3.05) is 5.32 Å². The smallest absolute Gasteiger partial charge is 0.228 e. The standard InChI is InChI=1S/C29H20N8O2/c38-24(10-17-4-2-1-3-5-17)33-21-11-19(13-30-15-21)20-12-23-26(36-37-27(23)32-14-20)29-34-25-22(18-7-9-39-16-18)6-8-31-28(25)35-29/h1-9,11-16H,10H2,(H,33,38)(H,31,34,35)(H,32,36,37). The number of hydrogen-bond acceptors (Lipinski definition) is 7. The Morgan fingerprint density at radius 3 is 2.69 bits per heavy atom. The summed E-state index contributed by atoms with van der Waals surface area (Å²) in [5, 5.41) is 11.2. The molecule has 6 aromatic heterocycles. The number of nitrogens with zero attached hydrogens (tertiary/aromatic N) is 5. The van der Waals surface area contributed by atoms with Crippen molar-refractivity contribution in [1.29, 1.82) is 0 Å². The van der Waals surface area contributed by atoms with Gasteiger partial charge in [-0.1, -0.05) is 30.3 Å². The van der Waals surface area contributed by atoms with Crippen LogP contribution >= 0.6 is 0 Å². The van der Waals surface area contributed by atoms with Crippen molar-refractivity contribution in [3.05, 3.63) is 97.5 Å². The maximum absolute atomic E-state index is 12.6. The minimum absolute atomic E-state index is 0.112. The third-order valence-corrected chi connectivity index (χ3v) is 6.42. The lowest BCUT2D eigenvalue weighted by Crippen LogP contribution is -2.14. The van der Waals surface area contributed by atoms with Crippen molar-refractivity contribution in [1.82, 2.24) is 35.1 Å². The van der Waals surface area contributed by atoms with E-state index >= 15 is 0 Å². The first-order valence-electron chi connectivity index (χ1n) is 12.2. The maximum atomic E-state index is 12.6. The van der Waals surface area contributed by atoms with Gasteiger partial charge in [0.25, 0.3) is 0 Å². The number of pyridine rings is 3. The highest BCUT2D eigenvalue weighted by Crippen LogP contribution is 2.32. The van der Waals surface area contributed by atoms with Crippen LogP contribution in [-0.2, 0) is 11.2 Å². The number of anilines is 1. The summed E-state index contributed by atoms with van der Waals surface area (Å²) in [7, 11) is 0. The number of carbonyl (C=O) groups excluding carboxylic acids is 1. The largest absolute Gasteiger partial charge is 0.472 e. The zero-order valence-corrected chi connectivity index (χ0v) is 20.4. The van der Waals surface area contributed by atoms with Gasteiger partial charge in [0.2, 0.25) is 5.91 Å². The van der Waals surface area contributed by atoms with E-state index in [0.29, 0.717) is 28.5 Å². The first-order chi connectivity index (χ1) is 19.2. The number of imidazole rings is 1. The second-order valence-electron chi connectivity index (χ2n) is 9.02. The molecule has 39 heavy (non-hydrogen) atoms. The van der Waals surface area contributed by atoms with Crippen molar-refractivity contribution in [3.8, 4) is 33.8 Å². The van der Waals surface area contributed by atoms with E-state index in [1.807, 2.05) is 54.6 Å². The Morgan fingerprint density at radius 2 is 1.82 bits per heavy atom. The van der Waals surface area contributed by atoms with Crippen molar-refractivity contribution in [2.45, 2.75) is 6.42 Å². The van der Waals surface area contributed by atoms with Gasteiger partial charge in [-0.3, -0.25) is 14.9 Å². The van der Waals surface area contributed by atoms with Crippen LogP contribution in [0.15, 0.2) is 96.3 Å². The second-order valence-corrected chi connectivity index (χ2v) is 9.02. The Labute approximate surface area is 221 Å². The molecule has 0 aliphatic carbocycles. The fourth-order valence-electron chi connectivity index (χ4n) is 4.57. The van der Waals surface area contributed by atoms with Crippen molar-refractivity contribution < 1.29 is 9.21 Å². The van der Waals surface area contributed by atoms with E-state index in [0.717, 1.165) is 38.7 Å². The van der Waals surface area contributed by atoms with E-state index < -0.39 is 0 Å².